The number of carbonyl (C=O) groups excluding carboxylic acids is 1. The van der Waals surface area contributed by atoms with Crippen molar-refractivity contribution in [2.24, 2.45) is 0 Å². The lowest BCUT2D eigenvalue weighted by molar-refractivity contribution is -0.120. The lowest BCUT2D eigenvalue weighted by Crippen LogP contribution is -2.39. The summed E-state index contributed by atoms with van der Waals surface area (Å²) in [6.07, 6.45) is 0. The summed E-state index contributed by atoms with van der Waals surface area (Å²) < 4.78 is 17.2. The quantitative estimate of drug-likeness (QED) is 0.493. The van der Waals surface area contributed by atoms with E-state index in [0.29, 0.717) is 46.0 Å². The zero-order valence-corrected chi connectivity index (χ0v) is 18.9. The van der Waals surface area contributed by atoms with Gasteiger partial charge in [-0.05, 0) is 38.4 Å². The predicted octanol–water partition coefficient (Wildman–Crippen LogP) is 3.94. The van der Waals surface area contributed by atoms with Crippen LogP contribution in [0.2, 0.25) is 5.02 Å². The van der Waals surface area contributed by atoms with E-state index in [0.717, 1.165) is 4.70 Å². The van der Waals surface area contributed by atoms with E-state index in [1.807, 2.05) is 31.1 Å². The van der Waals surface area contributed by atoms with Crippen molar-refractivity contribution in [2.75, 3.05) is 52.9 Å². The van der Waals surface area contributed by atoms with Crippen LogP contribution in [0.3, 0.4) is 0 Å². The number of thiazole rings is 1. The van der Waals surface area contributed by atoms with Gasteiger partial charge in [0, 0.05) is 13.1 Å². The minimum atomic E-state index is -0.211. The van der Waals surface area contributed by atoms with Crippen LogP contribution in [-0.2, 0) is 4.79 Å². The first kappa shape index (κ1) is 22.1. The van der Waals surface area contributed by atoms with Crippen LogP contribution in [0.15, 0.2) is 36.4 Å². The number of halogens is 1. The number of rotatable bonds is 9. The fourth-order valence-corrected chi connectivity index (χ4v) is 4.10. The second kappa shape index (κ2) is 9.97. The number of ether oxygens (including phenoxy) is 3. The molecular weight excluding hydrogens is 426 g/mol. The molecule has 3 rings (SSSR count). The van der Waals surface area contributed by atoms with Gasteiger partial charge in [0.15, 0.2) is 23.2 Å². The van der Waals surface area contributed by atoms with Crippen LogP contribution >= 0.6 is 22.9 Å². The molecule has 0 aliphatic carbocycles. The van der Waals surface area contributed by atoms with Crippen molar-refractivity contribution >= 4 is 44.2 Å². The molecule has 0 saturated heterocycles. The van der Waals surface area contributed by atoms with Gasteiger partial charge in [-0.3, -0.25) is 9.69 Å². The van der Waals surface area contributed by atoms with Gasteiger partial charge in [0.25, 0.3) is 5.91 Å². The van der Waals surface area contributed by atoms with Gasteiger partial charge in [0.05, 0.1) is 23.9 Å². The Morgan fingerprint density at radius 1 is 1.03 bits per heavy atom. The average Bonchev–Trinajstić information content (AvgIpc) is 3.18. The van der Waals surface area contributed by atoms with Crippen LogP contribution in [0.25, 0.3) is 10.2 Å². The normalized spacial score (nSPS) is 11.0. The van der Waals surface area contributed by atoms with Crippen LogP contribution in [0.4, 0.5) is 5.13 Å². The van der Waals surface area contributed by atoms with Gasteiger partial charge in [0.1, 0.15) is 11.3 Å². The largest absolute Gasteiger partial charge is 0.494 e. The Morgan fingerprint density at radius 2 is 1.73 bits per heavy atom. The van der Waals surface area contributed by atoms with E-state index in [4.69, 9.17) is 25.8 Å². The van der Waals surface area contributed by atoms with Crippen LogP contribution in [0, 0.1) is 0 Å². The van der Waals surface area contributed by atoms with Gasteiger partial charge in [-0.25, -0.2) is 4.98 Å². The molecular formula is C21H24ClN3O4S. The van der Waals surface area contributed by atoms with Gasteiger partial charge in [-0.2, -0.15) is 0 Å². The summed E-state index contributed by atoms with van der Waals surface area (Å²) >= 11 is 7.70. The zero-order chi connectivity index (χ0) is 21.7. The van der Waals surface area contributed by atoms with Crippen molar-refractivity contribution in [2.45, 2.75) is 0 Å². The highest BCUT2D eigenvalue weighted by Gasteiger charge is 2.23. The summed E-state index contributed by atoms with van der Waals surface area (Å²) in [7, 11) is 7.04. The van der Waals surface area contributed by atoms with Crippen LogP contribution in [0.1, 0.15) is 0 Å². The molecule has 160 valence electrons. The molecule has 0 saturated carbocycles. The SMILES string of the molecule is COc1ccccc1OCC(=O)N(CCN(C)C)c1nc2c(OC)ccc(Cl)c2s1. The van der Waals surface area contributed by atoms with Crippen LogP contribution < -0.4 is 19.1 Å². The summed E-state index contributed by atoms with van der Waals surface area (Å²) in [5.41, 5.74) is 0.637. The molecule has 30 heavy (non-hydrogen) atoms. The molecule has 0 radical (unpaired) electrons. The summed E-state index contributed by atoms with van der Waals surface area (Å²) in [5, 5.41) is 1.12. The summed E-state index contributed by atoms with van der Waals surface area (Å²) in [6.45, 7) is 0.983. The summed E-state index contributed by atoms with van der Waals surface area (Å²) in [6, 6.07) is 10.7. The smallest absolute Gasteiger partial charge is 0.266 e. The summed E-state index contributed by atoms with van der Waals surface area (Å²) in [4.78, 5) is 21.4. The second-order valence-electron chi connectivity index (χ2n) is 6.71. The Hall–Kier alpha value is -2.55. The van der Waals surface area contributed by atoms with Gasteiger partial charge >= 0.3 is 0 Å². The van der Waals surface area contributed by atoms with E-state index in [1.54, 1.807) is 43.4 Å². The predicted molar refractivity (Wildman–Crippen MR) is 121 cm³/mol. The lowest BCUT2D eigenvalue weighted by Gasteiger charge is -2.22. The average molecular weight is 450 g/mol. The maximum absolute atomic E-state index is 13.1. The van der Waals surface area contributed by atoms with Gasteiger partial charge < -0.3 is 19.1 Å². The molecule has 0 bridgehead atoms. The Labute approximate surface area is 184 Å². The first-order chi connectivity index (χ1) is 14.4. The number of likely N-dealkylation sites (N-methyl/N-ethyl adjacent to an activating group) is 1. The Balaban J connectivity index is 1.88. The number of amides is 1. The molecule has 1 aromatic heterocycles. The molecule has 0 spiro atoms. The molecule has 2 aromatic carbocycles. The number of fused-ring (bicyclic) bond motifs is 1. The maximum Gasteiger partial charge on any atom is 0.266 e. The minimum Gasteiger partial charge on any atom is -0.494 e. The highest BCUT2D eigenvalue weighted by atomic mass is 35.5. The molecule has 7 nitrogen and oxygen atoms in total. The standard InChI is InChI=1S/C21H24ClN3O4S/c1-24(2)11-12-25(18(26)13-29-16-8-6-5-7-15(16)27-3)21-23-19-17(28-4)10-9-14(22)20(19)30-21/h5-10H,11-13H2,1-4H3. The van der Waals surface area contributed by atoms with E-state index in [-0.39, 0.29) is 12.5 Å². The molecule has 0 N–H and O–H groups in total. The van der Waals surface area contributed by atoms with Crippen molar-refractivity contribution < 1.29 is 19.0 Å². The molecule has 1 heterocycles. The summed E-state index contributed by atoms with van der Waals surface area (Å²) in [5.74, 6) is 1.48. The monoisotopic (exact) mass is 449 g/mol. The highest BCUT2D eigenvalue weighted by Crippen LogP contribution is 2.38. The number of para-hydroxylation sites is 2. The van der Waals surface area contributed by atoms with Crippen molar-refractivity contribution in [3.63, 3.8) is 0 Å². The fraction of sp³-hybridized carbons (Fsp3) is 0.333. The van der Waals surface area contributed by atoms with Crippen LogP contribution in [0.5, 0.6) is 17.2 Å². The van der Waals surface area contributed by atoms with E-state index >= 15 is 0 Å². The van der Waals surface area contributed by atoms with Gasteiger partial charge in [-0.1, -0.05) is 35.1 Å². The first-order valence-electron chi connectivity index (χ1n) is 9.28. The third-order valence-electron chi connectivity index (χ3n) is 4.39. The Morgan fingerprint density at radius 3 is 2.40 bits per heavy atom. The fourth-order valence-electron chi connectivity index (χ4n) is 2.80. The molecule has 0 fully saturated rings. The minimum absolute atomic E-state index is 0.144. The second-order valence-corrected chi connectivity index (χ2v) is 8.10. The third kappa shape index (κ3) is 4.95. The number of methoxy groups -OCH3 is 2. The van der Waals surface area contributed by atoms with E-state index in [2.05, 4.69) is 4.98 Å². The molecule has 0 unspecified atom stereocenters. The number of carbonyl (C=O) groups is 1. The molecule has 0 aliphatic heterocycles. The number of hydrogen-bond acceptors (Lipinski definition) is 7. The molecule has 1 amide bonds. The van der Waals surface area contributed by atoms with E-state index in [1.165, 1.54) is 11.3 Å². The van der Waals surface area contributed by atoms with Crippen molar-refractivity contribution in [1.29, 1.82) is 0 Å². The molecule has 0 aliphatic rings. The van der Waals surface area contributed by atoms with Gasteiger partial charge in [0.2, 0.25) is 0 Å². The highest BCUT2D eigenvalue weighted by molar-refractivity contribution is 7.23. The first-order valence-corrected chi connectivity index (χ1v) is 10.5. The Kier molecular flexibility index (Phi) is 7.36. The van der Waals surface area contributed by atoms with Crippen LogP contribution in [-0.4, -0.2) is 63.8 Å². The molecule has 3 aromatic rings. The number of benzene rings is 2. The molecule has 0 atom stereocenters. The lowest BCUT2D eigenvalue weighted by atomic mass is 10.3. The number of aromatic nitrogens is 1. The van der Waals surface area contributed by atoms with Gasteiger partial charge in [-0.15, -0.1) is 0 Å². The topological polar surface area (TPSA) is 64.1 Å². The van der Waals surface area contributed by atoms with Crippen molar-refractivity contribution in [3.05, 3.63) is 41.4 Å². The van der Waals surface area contributed by atoms with E-state index in [9.17, 15) is 4.79 Å². The zero-order valence-electron chi connectivity index (χ0n) is 17.3. The third-order valence-corrected chi connectivity index (χ3v) is 5.93. The van der Waals surface area contributed by atoms with Crippen molar-refractivity contribution in [3.8, 4) is 17.2 Å². The maximum atomic E-state index is 13.1. The number of hydrogen-bond donors (Lipinski definition) is 0. The van der Waals surface area contributed by atoms with Crippen molar-refractivity contribution in [1.82, 2.24) is 9.88 Å². The Bertz CT molecular complexity index is 1020. The number of nitrogens with zero attached hydrogens (tertiary/aromatic N) is 3. The molecule has 9 heteroatoms. The van der Waals surface area contributed by atoms with E-state index < -0.39 is 0 Å². The number of anilines is 1.